The molecule has 0 radical (unpaired) electrons. The predicted molar refractivity (Wildman–Crippen MR) is 98.1 cm³/mol. The van der Waals surface area contributed by atoms with E-state index in [4.69, 9.17) is 4.74 Å². The first-order chi connectivity index (χ1) is 12.3. The lowest BCUT2D eigenvalue weighted by Crippen LogP contribution is -2.46. The first-order valence-corrected chi connectivity index (χ1v) is 8.78. The molecule has 132 valence electrons. The van der Waals surface area contributed by atoms with E-state index in [1.165, 1.54) is 5.56 Å². The second kappa shape index (κ2) is 8.74. The van der Waals surface area contributed by atoms with Gasteiger partial charge in [0, 0.05) is 31.7 Å². The summed E-state index contributed by atoms with van der Waals surface area (Å²) in [6.45, 7) is 2.27. The topological polar surface area (TPSA) is 54.5 Å². The fourth-order valence-electron chi connectivity index (χ4n) is 3.33. The lowest BCUT2D eigenvalue weighted by Gasteiger charge is -2.34. The van der Waals surface area contributed by atoms with E-state index >= 15 is 0 Å². The smallest absolute Gasteiger partial charge is 0.241 e. The Kier molecular flexibility index (Phi) is 6.14. The summed E-state index contributed by atoms with van der Waals surface area (Å²) in [6, 6.07) is 11.8. The van der Waals surface area contributed by atoms with Crippen molar-refractivity contribution >= 4 is 11.6 Å². The highest BCUT2D eigenvalue weighted by Crippen LogP contribution is 2.21. The van der Waals surface area contributed by atoms with Crippen molar-refractivity contribution in [3.05, 3.63) is 59.9 Å². The van der Waals surface area contributed by atoms with Crippen LogP contribution < -0.4 is 5.32 Å². The number of hydrogen-bond acceptors (Lipinski definition) is 4. The minimum absolute atomic E-state index is 0.0725. The van der Waals surface area contributed by atoms with Gasteiger partial charge in [-0.25, -0.2) is 0 Å². The van der Waals surface area contributed by atoms with Crippen LogP contribution in [-0.4, -0.2) is 35.5 Å². The lowest BCUT2D eigenvalue weighted by atomic mass is 10.0. The Bertz CT molecular complexity index is 690. The van der Waals surface area contributed by atoms with Gasteiger partial charge in [-0.3, -0.25) is 14.7 Å². The fourth-order valence-corrected chi connectivity index (χ4v) is 3.33. The number of methoxy groups -OCH3 is 1. The molecule has 3 rings (SSSR count). The maximum absolute atomic E-state index is 12.8. The van der Waals surface area contributed by atoms with Crippen LogP contribution in [0.5, 0.6) is 0 Å². The molecule has 1 aromatic carbocycles. The lowest BCUT2D eigenvalue weighted by molar-refractivity contribution is -0.122. The molecule has 1 aliphatic rings. The molecule has 5 nitrogen and oxygen atoms in total. The van der Waals surface area contributed by atoms with Crippen LogP contribution in [0.1, 0.15) is 30.4 Å². The van der Waals surface area contributed by atoms with Gasteiger partial charge in [0.25, 0.3) is 0 Å². The molecule has 25 heavy (non-hydrogen) atoms. The maximum Gasteiger partial charge on any atom is 0.241 e. The third kappa shape index (κ3) is 4.87. The van der Waals surface area contributed by atoms with E-state index in [0.717, 1.165) is 43.6 Å². The molecule has 2 heterocycles. The normalized spacial score (nSPS) is 18.0. The number of ether oxygens (including phenoxy) is 1. The number of aromatic nitrogens is 1. The number of hydrogen-bond donors (Lipinski definition) is 1. The number of carbonyl (C=O) groups is 1. The molecule has 1 aromatic heterocycles. The second-order valence-corrected chi connectivity index (χ2v) is 6.46. The van der Waals surface area contributed by atoms with Crippen LogP contribution in [-0.2, 0) is 22.7 Å². The quantitative estimate of drug-likeness (QED) is 0.878. The number of anilines is 1. The molecule has 1 fully saturated rings. The second-order valence-electron chi connectivity index (χ2n) is 6.46. The molecule has 1 saturated heterocycles. The Labute approximate surface area is 149 Å². The zero-order valence-electron chi connectivity index (χ0n) is 14.6. The Hall–Kier alpha value is -2.24. The van der Waals surface area contributed by atoms with E-state index in [2.05, 4.69) is 15.2 Å². The zero-order valence-corrected chi connectivity index (χ0v) is 14.6. The minimum atomic E-state index is -0.0898. The molecule has 0 bridgehead atoms. The molecule has 0 aliphatic carbocycles. The summed E-state index contributed by atoms with van der Waals surface area (Å²) in [5.41, 5.74) is 3.07. The molecule has 5 heteroatoms. The van der Waals surface area contributed by atoms with Gasteiger partial charge in [0.05, 0.1) is 12.6 Å². The molecule has 1 amide bonds. The van der Waals surface area contributed by atoms with Crippen molar-refractivity contribution in [1.82, 2.24) is 9.88 Å². The van der Waals surface area contributed by atoms with Crippen LogP contribution in [0.25, 0.3) is 0 Å². The summed E-state index contributed by atoms with van der Waals surface area (Å²) in [5.74, 6) is 0.0725. The summed E-state index contributed by atoms with van der Waals surface area (Å²) in [5, 5.41) is 3.08. The largest absolute Gasteiger partial charge is 0.380 e. The Morgan fingerprint density at radius 2 is 2.08 bits per heavy atom. The molecule has 1 atom stereocenters. The van der Waals surface area contributed by atoms with E-state index < -0.39 is 0 Å². The highest BCUT2D eigenvalue weighted by molar-refractivity contribution is 5.94. The SMILES string of the molecule is COCc1cccc(NC(=O)C2CCCCN2Cc2ccncc2)c1. The summed E-state index contributed by atoms with van der Waals surface area (Å²) in [4.78, 5) is 19.2. The number of piperidine rings is 1. The Morgan fingerprint density at radius 3 is 2.88 bits per heavy atom. The molecule has 0 spiro atoms. The van der Waals surface area contributed by atoms with Crippen LogP contribution in [0.4, 0.5) is 5.69 Å². The molecular formula is C20H25N3O2. The van der Waals surface area contributed by atoms with E-state index in [-0.39, 0.29) is 11.9 Å². The Balaban J connectivity index is 1.67. The third-order valence-corrected chi connectivity index (χ3v) is 4.56. The summed E-state index contributed by atoms with van der Waals surface area (Å²) in [6.07, 6.45) is 6.73. The standard InChI is InChI=1S/C20H25N3O2/c1-25-15-17-5-4-6-18(13-17)22-20(24)19-7-2-3-12-23(19)14-16-8-10-21-11-9-16/h4-6,8-11,13,19H,2-3,7,12,14-15H2,1H3,(H,22,24). The molecular weight excluding hydrogens is 314 g/mol. The number of amides is 1. The van der Waals surface area contributed by atoms with Gasteiger partial charge in [-0.05, 0) is 54.8 Å². The van der Waals surface area contributed by atoms with E-state index in [9.17, 15) is 4.79 Å². The van der Waals surface area contributed by atoms with Gasteiger partial charge in [0.1, 0.15) is 0 Å². The van der Waals surface area contributed by atoms with Crippen LogP contribution in [0, 0.1) is 0 Å². The average molecular weight is 339 g/mol. The predicted octanol–water partition coefficient (Wildman–Crippen LogP) is 3.22. The van der Waals surface area contributed by atoms with Crippen molar-refractivity contribution in [3.8, 4) is 0 Å². The number of likely N-dealkylation sites (tertiary alicyclic amines) is 1. The number of rotatable bonds is 6. The van der Waals surface area contributed by atoms with Crippen LogP contribution in [0.15, 0.2) is 48.8 Å². The molecule has 0 saturated carbocycles. The maximum atomic E-state index is 12.8. The van der Waals surface area contributed by atoms with Gasteiger partial charge in [-0.2, -0.15) is 0 Å². The number of pyridine rings is 1. The highest BCUT2D eigenvalue weighted by atomic mass is 16.5. The van der Waals surface area contributed by atoms with Crippen LogP contribution >= 0.6 is 0 Å². The van der Waals surface area contributed by atoms with Crippen molar-refractivity contribution in [2.24, 2.45) is 0 Å². The number of nitrogens with one attached hydrogen (secondary N) is 1. The Morgan fingerprint density at radius 1 is 1.24 bits per heavy atom. The van der Waals surface area contributed by atoms with Gasteiger partial charge >= 0.3 is 0 Å². The van der Waals surface area contributed by atoms with Gasteiger partial charge in [-0.15, -0.1) is 0 Å². The molecule has 2 aromatic rings. The summed E-state index contributed by atoms with van der Waals surface area (Å²) in [7, 11) is 1.67. The number of benzene rings is 1. The van der Waals surface area contributed by atoms with Gasteiger partial charge in [-0.1, -0.05) is 18.6 Å². The first kappa shape index (κ1) is 17.6. The van der Waals surface area contributed by atoms with Crippen molar-refractivity contribution in [1.29, 1.82) is 0 Å². The monoisotopic (exact) mass is 339 g/mol. The first-order valence-electron chi connectivity index (χ1n) is 8.78. The van der Waals surface area contributed by atoms with Crippen molar-refractivity contribution in [2.45, 2.75) is 38.5 Å². The van der Waals surface area contributed by atoms with Crippen molar-refractivity contribution in [2.75, 3.05) is 19.0 Å². The van der Waals surface area contributed by atoms with Crippen LogP contribution in [0.3, 0.4) is 0 Å². The van der Waals surface area contributed by atoms with Gasteiger partial charge in [0.15, 0.2) is 0 Å². The minimum Gasteiger partial charge on any atom is -0.380 e. The van der Waals surface area contributed by atoms with Gasteiger partial charge in [0.2, 0.25) is 5.91 Å². The fraction of sp³-hybridized carbons (Fsp3) is 0.400. The van der Waals surface area contributed by atoms with Crippen molar-refractivity contribution < 1.29 is 9.53 Å². The average Bonchev–Trinajstić information content (AvgIpc) is 2.63. The van der Waals surface area contributed by atoms with E-state index in [0.29, 0.717) is 6.61 Å². The zero-order chi connectivity index (χ0) is 17.5. The third-order valence-electron chi connectivity index (χ3n) is 4.56. The summed E-state index contributed by atoms with van der Waals surface area (Å²) < 4.78 is 5.16. The molecule has 1 aliphatic heterocycles. The van der Waals surface area contributed by atoms with Crippen molar-refractivity contribution in [3.63, 3.8) is 0 Å². The summed E-state index contributed by atoms with van der Waals surface area (Å²) >= 11 is 0. The van der Waals surface area contributed by atoms with Gasteiger partial charge < -0.3 is 10.1 Å². The van der Waals surface area contributed by atoms with Crippen LogP contribution in [0.2, 0.25) is 0 Å². The molecule has 1 unspecified atom stereocenters. The highest BCUT2D eigenvalue weighted by Gasteiger charge is 2.28. The molecule has 1 N–H and O–H groups in total. The number of nitrogens with zero attached hydrogens (tertiary/aromatic N) is 2. The van der Waals surface area contributed by atoms with E-state index in [1.54, 1.807) is 19.5 Å². The van der Waals surface area contributed by atoms with E-state index in [1.807, 2.05) is 36.4 Å². The number of carbonyl (C=O) groups excluding carboxylic acids is 1.